The van der Waals surface area contributed by atoms with E-state index < -0.39 is 0 Å². The Kier molecular flexibility index (Phi) is 3.47. The van der Waals surface area contributed by atoms with E-state index in [1.54, 1.807) is 0 Å². The van der Waals surface area contributed by atoms with Gasteiger partial charge in [0, 0.05) is 18.0 Å². The van der Waals surface area contributed by atoms with E-state index in [9.17, 15) is 4.79 Å². The molecule has 114 valence electrons. The number of nitrogens with two attached hydrogens (primary N) is 1. The predicted octanol–water partition coefficient (Wildman–Crippen LogP) is 2.89. The number of hydrogen-bond acceptors (Lipinski definition) is 4. The second-order valence-corrected chi connectivity index (χ2v) is 6.97. The summed E-state index contributed by atoms with van der Waals surface area (Å²) in [4.78, 5) is 19.5. The van der Waals surface area contributed by atoms with Crippen molar-refractivity contribution in [3.05, 3.63) is 51.5 Å². The number of carbonyl (C=O) groups excluding carboxylic acids is 1. The average Bonchev–Trinajstić information content (AvgIpc) is 3.11. The van der Waals surface area contributed by atoms with Gasteiger partial charge in [0.15, 0.2) is 0 Å². The number of benzene rings is 1. The topological polar surface area (TPSA) is 59.2 Å². The molecule has 0 aliphatic heterocycles. The molecule has 1 atom stereocenters. The van der Waals surface area contributed by atoms with Crippen LogP contribution >= 0.6 is 11.3 Å². The molecule has 1 saturated carbocycles. The minimum atomic E-state index is 0.0696. The van der Waals surface area contributed by atoms with E-state index in [0.29, 0.717) is 18.3 Å². The lowest BCUT2D eigenvalue weighted by Gasteiger charge is -2.29. The summed E-state index contributed by atoms with van der Waals surface area (Å²) in [5, 5.41) is 2.67. The van der Waals surface area contributed by atoms with Crippen molar-refractivity contribution in [3.63, 3.8) is 0 Å². The highest BCUT2D eigenvalue weighted by Gasteiger charge is 2.41. The van der Waals surface area contributed by atoms with Gasteiger partial charge >= 0.3 is 0 Å². The van der Waals surface area contributed by atoms with Gasteiger partial charge < -0.3 is 10.6 Å². The molecule has 1 unspecified atom stereocenters. The molecular formula is C17H19N3OS. The molecule has 4 rings (SSSR count). The van der Waals surface area contributed by atoms with Crippen molar-refractivity contribution in [2.45, 2.75) is 44.3 Å². The molecule has 4 nitrogen and oxygen atoms in total. The largest absolute Gasteiger partial charge is 0.327 e. The van der Waals surface area contributed by atoms with Crippen molar-refractivity contribution in [2.75, 3.05) is 0 Å². The molecule has 1 aromatic carbocycles. The highest BCUT2D eigenvalue weighted by atomic mass is 32.1. The number of aryl methyl sites for hydroxylation is 1. The first-order valence-corrected chi connectivity index (χ1v) is 8.71. The van der Waals surface area contributed by atoms with E-state index in [4.69, 9.17) is 5.73 Å². The van der Waals surface area contributed by atoms with Gasteiger partial charge in [-0.05, 0) is 36.8 Å². The minimum absolute atomic E-state index is 0.0696. The summed E-state index contributed by atoms with van der Waals surface area (Å²) in [5.41, 5.74) is 8.88. The quantitative estimate of drug-likeness (QED) is 0.944. The highest BCUT2D eigenvalue weighted by Crippen LogP contribution is 2.42. The van der Waals surface area contributed by atoms with E-state index in [0.717, 1.165) is 30.7 Å². The van der Waals surface area contributed by atoms with Gasteiger partial charge in [0.25, 0.3) is 5.91 Å². The molecule has 2 N–H and O–H groups in total. The van der Waals surface area contributed by atoms with E-state index in [2.05, 4.69) is 34.1 Å². The Morgan fingerprint density at radius 3 is 2.86 bits per heavy atom. The average molecular weight is 313 g/mol. The molecule has 2 aliphatic carbocycles. The van der Waals surface area contributed by atoms with Gasteiger partial charge in [-0.2, -0.15) is 0 Å². The zero-order valence-corrected chi connectivity index (χ0v) is 13.2. The van der Waals surface area contributed by atoms with Gasteiger partial charge in [-0.15, -0.1) is 11.3 Å². The Morgan fingerprint density at radius 1 is 1.32 bits per heavy atom. The molecule has 1 fully saturated rings. The first-order valence-electron chi connectivity index (χ1n) is 7.83. The van der Waals surface area contributed by atoms with Crippen LogP contribution in [-0.4, -0.2) is 21.8 Å². The number of carbonyl (C=O) groups is 1. The van der Waals surface area contributed by atoms with E-state index >= 15 is 0 Å². The number of rotatable bonds is 4. The first-order chi connectivity index (χ1) is 10.8. The van der Waals surface area contributed by atoms with Crippen LogP contribution in [0.5, 0.6) is 0 Å². The fraction of sp³-hybridized carbons (Fsp3) is 0.412. The van der Waals surface area contributed by atoms with Crippen LogP contribution in [0.15, 0.2) is 29.6 Å². The number of amides is 1. The Bertz CT molecular complexity index is 707. The molecule has 0 radical (unpaired) electrons. The van der Waals surface area contributed by atoms with Crippen LogP contribution in [0, 0.1) is 0 Å². The van der Waals surface area contributed by atoms with Gasteiger partial charge in [-0.3, -0.25) is 4.79 Å². The Labute approximate surface area is 134 Å². The van der Waals surface area contributed by atoms with Crippen molar-refractivity contribution in [1.82, 2.24) is 9.88 Å². The van der Waals surface area contributed by atoms with Crippen LogP contribution in [-0.2, 0) is 13.0 Å². The van der Waals surface area contributed by atoms with Crippen LogP contribution < -0.4 is 5.73 Å². The third kappa shape index (κ3) is 2.34. The SMILES string of the molecule is NCc1nc(C(=O)N(C2CC2)C2CCc3ccccc32)cs1. The Hall–Kier alpha value is -1.72. The molecule has 5 heteroatoms. The molecule has 0 bridgehead atoms. The number of aromatic nitrogens is 1. The fourth-order valence-electron chi connectivity index (χ4n) is 3.37. The van der Waals surface area contributed by atoms with Gasteiger partial charge in [0.1, 0.15) is 10.7 Å². The van der Waals surface area contributed by atoms with Crippen LogP contribution in [0.25, 0.3) is 0 Å². The molecule has 2 aliphatic rings. The normalized spacial score (nSPS) is 20.0. The molecular weight excluding hydrogens is 294 g/mol. The van der Waals surface area contributed by atoms with E-state index in [1.807, 2.05) is 5.38 Å². The molecule has 0 spiro atoms. The van der Waals surface area contributed by atoms with Gasteiger partial charge in [0.2, 0.25) is 0 Å². The third-order valence-corrected chi connectivity index (χ3v) is 5.43. The lowest BCUT2D eigenvalue weighted by atomic mass is 10.1. The lowest BCUT2D eigenvalue weighted by Crippen LogP contribution is -2.36. The van der Waals surface area contributed by atoms with Gasteiger partial charge in [-0.1, -0.05) is 24.3 Å². The molecule has 1 heterocycles. The molecule has 22 heavy (non-hydrogen) atoms. The maximum atomic E-state index is 13.0. The standard InChI is InChI=1S/C17H19N3OS/c18-9-16-19-14(10-22-16)17(21)20(12-6-7-12)15-8-5-11-3-1-2-4-13(11)15/h1-4,10,12,15H,5-9,18H2. The van der Waals surface area contributed by atoms with Crippen LogP contribution in [0.2, 0.25) is 0 Å². The van der Waals surface area contributed by atoms with Crippen molar-refractivity contribution in [1.29, 1.82) is 0 Å². The number of thiazole rings is 1. The molecule has 0 saturated heterocycles. The van der Waals surface area contributed by atoms with Crippen molar-refractivity contribution >= 4 is 17.2 Å². The van der Waals surface area contributed by atoms with E-state index in [-0.39, 0.29) is 11.9 Å². The summed E-state index contributed by atoms with van der Waals surface area (Å²) in [6, 6.07) is 9.09. The Morgan fingerprint density at radius 2 is 2.14 bits per heavy atom. The summed E-state index contributed by atoms with van der Waals surface area (Å²) in [6.45, 7) is 0.396. The molecule has 2 aromatic rings. The van der Waals surface area contributed by atoms with Crippen molar-refractivity contribution in [3.8, 4) is 0 Å². The first kappa shape index (κ1) is 13.9. The van der Waals surface area contributed by atoms with Crippen LogP contribution in [0.3, 0.4) is 0 Å². The second kappa shape index (κ2) is 5.48. The summed E-state index contributed by atoms with van der Waals surface area (Å²) >= 11 is 1.47. The van der Waals surface area contributed by atoms with Gasteiger partial charge in [0.05, 0.1) is 6.04 Å². The summed E-state index contributed by atoms with van der Waals surface area (Å²) in [7, 11) is 0. The summed E-state index contributed by atoms with van der Waals surface area (Å²) < 4.78 is 0. The van der Waals surface area contributed by atoms with E-state index in [1.165, 1.54) is 22.5 Å². The molecule has 1 aromatic heterocycles. The number of nitrogens with zero attached hydrogens (tertiary/aromatic N) is 2. The van der Waals surface area contributed by atoms with Gasteiger partial charge in [-0.25, -0.2) is 4.98 Å². The maximum Gasteiger partial charge on any atom is 0.274 e. The third-order valence-electron chi connectivity index (χ3n) is 4.56. The predicted molar refractivity (Wildman–Crippen MR) is 86.7 cm³/mol. The zero-order valence-electron chi connectivity index (χ0n) is 12.4. The number of fused-ring (bicyclic) bond motifs is 1. The highest BCUT2D eigenvalue weighted by molar-refractivity contribution is 7.09. The van der Waals surface area contributed by atoms with Crippen molar-refractivity contribution in [2.24, 2.45) is 5.73 Å². The maximum absolute atomic E-state index is 13.0. The van der Waals surface area contributed by atoms with Crippen molar-refractivity contribution < 1.29 is 4.79 Å². The Balaban J connectivity index is 1.66. The molecule has 1 amide bonds. The smallest absolute Gasteiger partial charge is 0.274 e. The van der Waals surface area contributed by atoms with Crippen LogP contribution in [0.1, 0.15) is 51.9 Å². The minimum Gasteiger partial charge on any atom is -0.327 e. The zero-order chi connectivity index (χ0) is 15.1. The monoisotopic (exact) mass is 313 g/mol. The second-order valence-electron chi connectivity index (χ2n) is 6.03. The summed E-state index contributed by atoms with van der Waals surface area (Å²) in [6.07, 6.45) is 4.30. The number of hydrogen-bond donors (Lipinski definition) is 1. The van der Waals surface area contributed by atoms with Crippen LogP contribution in [0.4, 0.5) is 0 Å². The fourth-order valence-corrected chi connectivity index (χ4v) is 4.02. The lowest BCUT2D eigenvalue weighted by molar-refractivity contribution is 0.0652. The summed E-state index contributed by atoms with van der Waals surface area (Å²) in [5.74, 6) is 0.0696.